The molecule has 0 radical (unpaired) electrons. The van der Waals surface area contributed by atoms with Crippen molar-refractivity contribution in [1.82, 2.24) is 19.9 Å². The maximum atomic E-state index is 5.74. The van der Waals surface area contributed by atoms with E-state index in [1.807, 2.05) is 31.2 Å². The minimum atomic E-state index is 0.317. The number of aromatic nitrogens is 4. The molecule has 0 aliphatic carbocycles. The average molecular weight is 369 g/mol. The van der Waals surface area contributed by atoms with Crippen LogP contribution >= 0.6 is 34.8 Å². The second kappa shape index (κ2) is 8.62. The summed E-state index contributed by atoms with van der Waals surface area (Å²) >= 11 is 16.5. The summed E-state index contributed by atoms with van der Waals surface area (Å²) < 4.78 is 0. The highest BCUT2D eigenvalue weighted by molar-refractivity contribution is 6.32. The van der Waals surface area contributed by atoms with Crippen LogP contribution in [0.5, 0.6) is 0 Å². The summed E-state index contributed by atoms with van der Waals surface area (Å²) in [6, 6.07) is 7.97. The van der Waals surface area contributed by atoms with Crippen molar-refractivity contribution in [3.63, 3.8) is 0 Å². The molecular weight excluding hydrogens is 357 g/mol. The zero-order valence-electron chi connectivity index (χ0n) is 12.0. The summed E-state index contributed by atoms with van der Waals surface area (Å²) in [4.78, 5) is 15.4. The number of hydrogen-bond acceptors (Lipinski definition) is 5. The summed E-state index contributed by atoms with van der Waals surface area (Å²) in [7, 11) is 0. The summed E-state index contributed by atoms with van der Waals surface area (Å²) in [5, 5.41) is 4.17. The van der Waals surface area contributed by atoms with Crippen LogP contribution in [0.2, 0.25) is 15.5 Å². The number of anilines is 2. The largest absolute Gasteiger partial charge is 0.339 e. The van der Waals surface area contributed by atoms with Gasteiger partial charge in [0.05, 0.1) is 24.8 Å². The molecule has 0 atom stereocenters. The molecule has 5 nitrogen and oxygen atoms in total. The number of hydrogen-bond donors (Lipinski definition) is 1. The van der Waals surface area contributed by atoms with E-state index in [0.29, 0.717) is 21.3 Å². The smallest absolute Gasteiger partial charge is 0.150 e. The van der Waals surface area contributed by atoms with Crippen molar-refractivity contribution in [3.05, 3.63) is 70.1 Å². The van der Waals surface area contributed by atoms with Crippen molar-refractivity contribution in [2.45, 2.75) is 6.92 Å². The van der Waals surface area contributed by atoms with Gasteiger partial charge in [-0.15, -0.1) is 0 Å². The van der Waals surface area contributed by atoms with Crippen molar-refractivity contribution < 1.29 is 0 Å². The summed E-state index contributed by atoms with van der Waals surface area (Å²) in [6.45, 7) is 2.03. The maximum Gasteiger partial charge on any atom is 0.150 e. The van der Waals surface area contributed by atoms with Crippen LogP contribution in [0.1, 0.15) is 5.56 Å². The van der Waals surface area contributed by atoms with Crippen LogP contribution < -0.4 is 5.32 Å². The molecule has 8 heteroatoms. The van der Waals surface area contributed by atoms with E-state index in [1.165, 1.54) is 18.6 Å². The number of para-hydroxylation sites is 1. The Morgan fingerprint density at radius 1 is 0.783 bits per heavy atom. The van der Waals surface area contributed by atoms with Crippen molar-refractivity contribution in [2.75, 3.05) is 5.32 Å². The lowest BCUT2D eigenvalue weighted by molar-refractivity contribution is 1.19. The molecular formula is C15H12Cl3N5. The fourth-order valence-corrected chi connectivity index (χ4v) is 2.06. The second-order valence-electron chi connectivity index (χ2n) is 4.33. The molecule has 0 aliphatic rings. The van der Waals surface area contributed by atoms with Gasteiger partial charge in [-0.2, -0.15) is 0 Å². The second-order valence-corrected chi connectivity index (χ2v) is 5.49. The Bertz CT molecular complexity index is 765. The van der Waals surface area contributed by atoms with Gasteiger partial charge in [0.1, 0.15) is 15.5 Å². The monoisotopic (exact) mass is 367 g/mol. The highest BCUT2D eigenvalue weighted by Gasteiger charge is 1.99. The van der Waals surface area contributed by atoms with E-state index in [2.05, 4.69) is 25.3 Å². The van der Waals surface area contributed by atoms with E-state index < -0.39 is 0 Å². The highest BCUT2D eigenvalue weighted by Crippen LogP contribution is 2.18. The number of aryl methyl sites for hydroxylation is 1. The van der Waals surface area contributed by atoms with Crippen molar-refractivity contribution in [2.24, 2.45) is 0 Å². The third kappa shape index (κ3) is 5.98. The Hall–Kier alpha value is -1.95. The first kappa shape index (κ1) is 17.4. The lowest BCUT2D eigenvalue weighted by Crippen LogP contribution is -1.96. The fourth-order valence-electron chi connectivity index (χ4n) is 1.57. The van der Waals surface area contributed by atoms with Gasteiger partial charge in [0.15, 0.2) is 5.82 Å². The van der Waals surface area contributed by atoms with Gasteiger partial charge in [-0.25, -0.2) is 9.97 Å². The van der Waals surface area contributed by atoms with Crippen LogP contribution in [0.25, 0.3) is 0 Å². The lowest BCUT2D eigenvalue weighted by Gasteiger charge is -2.07. The Kier molecular flexibility index (Phi) is 6.52. The first-order valence-electron chi connectivity index (χ1n) is 6.48. The fraction of sp³-hybridized carbons (Fsp3) is 0.0667. The number of halogens is 3. The predicted octanol–water partition coefficient (Wildman–Crippen LogP) is 4.97. The first-order valence-corrected chi connectivity index (χ1v) is 7.61. The Labute approximate surface area is 148 Å². The molecule has 0 unspecified atom stereocenters. The topological polar surface area (TPSA) is 63.6 Å². The van der Waals surface area contributed by atoms with Gasteiger partial charge in [0, 0.05) is 5.69 Å². The molecule has 0 amide bonds. The zero-order chi connectivity index (χ0) is 16.7. The minimum Gasteiger partial charge on any atom is -0.339 e. The van der Waals surface area contributed by atoms with Gasteiger partial charge >= 0.3 is 0 Å². The third-order valence-corrected chi connectivity index (χ3v) is 3.14. The van der Waals surface area contributed by atoms with E-state index >= 15 is 0 Å². The predicted molar refractivity (Wildman–Crippen MR) is 93.6 cm³/mol. The van der Waals surface area contributed by atoms with Gasteiger partial charge in [-0.1, -0.05) is 53.0 Å². The molecule has 0 aliphatic heterocycles. The Morgan fingerprint density at radius 2 is 1.35 bits per heavy atom. The molecule has 2 aromatic heterocycles. The molecule has 1 N–H and O–H groups in total. The highest BCUT2D eigenvalue weighted by atomic mass is 35.5. The van der Waals surface area contributed by atoms with Crippen molar-refractivity contribution in [1.29, 1.82) is 0 Å². The summed E-state index contributed by atoms with van der Waals surface area (Å²) in [5.74, 6) is 0.650. The average Bonchev–Trinajstić information content (AvgIpc) is 2.50. The molecule has 0 fully saturated rings. The Morgan fingerprint density at radius 3 is 1.87 bits per heavy atom. The van der Waals surface area contributed by atoms with E-state index in [9.17, 15) is 0 Å². The van der Waals surface area contributed by atoms with Crippen LogP contribution in [0.3, 0.4) is 0 Å². The van der Waals surface area contributed by atoms with Gasteiger partial charge in [0.25, 0.3) is 0 Å². The van der Waals surface area contributed by atoms with Gasteiger partial charge in [0.2, 0.25) is 0 Å². The Balaban J connectivity index is 0.000000203. The molecule has 0 saturated carbocycles. The normalized spacial score (nSPS) is 9.74. The van der Waals surface area contributed by atoms with Crippen LogP contribution in [0.15, 0.2) is 49.1 Å². The van der Waals surface area contributed by atoms with Gasteiger partial charge in [-0.3, -0.25) is 9.97 Å². The van der Waals surface area contributed by atoms with E-state index in [1.54, 1.807) is 6.20 Å². The first-order chi connectivity index (χ1) is 11.0. The standard InChI is InChI=1S/C11H10ClN3.C4H2Cl2N2/c1-8-4-2-3-5-9(8)14-11-7-13-6-10(12)15-11;5-3-1-7-2-4(6)8-3/h2-7H,1H3,(H,14,15);1-2H. The van der Waals surface area contributed by atoms with Crippen molar-refractivity contribution >= 4 is 46.3 Å². The maximum absolute atomic E-state index is 5.74. The van der Waals surface area contributed by atoms with E-state index in [0.717, 1.165) is 11.3 Å². The molecule has 2 heterocycles. The number of benzene rings is 1. The zero-order valence-corrected chi connectivity index (χ0v) is 14.3. The third-order valence-electron chi connectivity index (χ3n) is 2.59. The van der Waals surface area contributed by atoms with Crippen LogP contribution in [-0.2, 0) is 0 Å². The van der Waals surface area contributed by atoms with Crippen LogP contribution in [0.4, 0.5) is 11.5 Å². The number of nitrogens with one attached hydrogen (secondary N) is 1. The number of nitrogens with zero attached hydrogens (tertiary/aromatic N) is 4. The molecule has 3 aromatic rings. The molecule has 3 rings (SSSR count). The van der Waals surface area contributed by atoms with E-state index in [4.69, 9.17) is 34.8 Å². The molecule has 23 heavy (non-hydrogen) atoms. The van der Waals surface area contributed by atoms with Crippen molar-refractivity contribution in [3.8, 4) is 0 Å². The molecule has 0 bridgehead atoms. The summed E-state index contributed by atoms with van der Waals surface area (Å²) in [6.07, 6.45) is 5.99. The van der Waals surface area contributed by atoms with Crippen LogP contribution in [0, 0.1) is 6.92 Å². The molecule has 118 valence electrons. The number of rotatable bonds is 2. The quantitative estimate of drug-likeness (QED) is 0.692. The minimum absolute atomic E-state index is 0.317. The van der Waals surface area contributed by atoms with Gasteiger partial charge < -0.3 is 5.32 Å². The van der Waals surface area contributed by atoms with Gasteiger partial charge in [-0.05, 0) is 18.6 Å². The lowest BCUT2D eigenvalue weighted by atomic mass is 10.2. The van der Waals surface area contributed by atoms with Crippen LogP contribution in [-0.4, -0.2) is 19.9 Å². The SMILES string of the molecule is Cc1ccccc1Nc1cncc(Cl)n1.Clc1cncc(Cl)n1. The van der Waals surface area contributed by atoms with E-state index in [-0.39, 0.29) is 0 Å². The summed E-state index contributed by atoms with van der Waals surface area (Å²) in [5.41, 5.74) is 2.16. The molecule has 1 aromatic carbocycles. The molecule has 0 saturated heterocycles. The molecule has 0 spiro atoms.